The maximum Gasteiger partial charge on any atom is 0.226 e. The number of nitrogens with zero attached hydrogens (tertiary/aromatic N) is 1. The van der Waals surface area contributed by atoms with Gasteiger partial charge in [0.1, 0.15) is 5.01 Å². The van der Waals surface area contributed by atoms with Gasteiger partial charge in [0.15, 0.2) is 0 Å². The summed E-state index contributed by atoms with van der Waals surface area (Å²) in [5.41, 5.74) is 6.52. The number of nitrogens with two attached hydrogens (primary N) is 1. The van der Waals surface area contributed by atoms with Crippen molar-refractivity contribution in [3.63, 3.8) is 0 Å². The molecule has 2 aromatic heterocycles. The van der Waals surface area contributed by atoms with E-state index in [2.05, 4.69) is 17.2 Å². The van der Waals surface area contributed by atoms with Crippen LogP contribution in [0.5, 0.6) is 0 Å². The summed E-state index contributed by atoms with van der Waals surface area (Å²) in [6.45, 7) is 2.63. The number of aromatic nitrogens is 1. The first-order valence-electron chi connectivity index (χ1n) is 7.20. The van der Waals surface area contributed by atoms with Gasteiger partial charge in [0, 0.05) is 18.0 Å². The minimum atomic E-state index is 0.00424. The third-order valence-electron chi connectivity index (χ3n) is 3.18. The zero-order valence-corrected chi connectivity index (χ0v) is 13.8. The molecule has 0 aliphatic heterocycles. The van der Waals surface area contributed by atoms with Crippen LogP contribution in [0.1, 0.15) is 31.9 Å². The molecule has 0 radical (unpaired) electrons. The number of rotatable bonds is 8. The lowest BCUT2D eigenvalue weighted by atomic mass is 10.1. The van der Waals surface area contributed by atoms with Crippen molar-refractivity contribution in [2.24, 2.45) is 5.73 Å². The van der Waals surface area contributed by atoms with E-state index in [9.17, 15) is 4.79 Å². The van der Waals surface area contributed by atoms with Crippen molar-refractivity contribution >= 4 is 28.6 Å². The minimum Gasteiger partial charge on any atom is -0.352 e. The zero-order chi connectivity index (χ0) is 15.1. The zero-order valence-electron chi connectivity index (χ0n) is 12.2. The molecular formula is C15H21N3OS2. The highest BCUT2D eigenvalue weighted by molar-refractivity contribution is 7.20. The SMILES string of the molecule is CCCCC(CN)NC(=O)Cc1csc(-c2cccs2)n1. The Bertz CT molecular complexity index is 551. The molecule has 0 aromatic carbocycles. The number of thiazole rings is 1. The second-order valence-corrected chi connectivity index (χ2v) is 6.75. The Kier molecular flexibility index (Phi) is 6.35. The molecule has 114 valence electrons. The van der Waals surface area contributed by atoms with Crippen LogP contribution in [-0.4, -0.2) is 23.5 Å². The second-order valence-electron chi connectivity index (χ2n) is 4.94. The van der Waals surface area contributed by atoms with Crippen LogP contribution in [0.4, 0.5) is 0 Å². The van der Waals surface area contributed by atoms with Crippen LogP contribution < -0.4 is 11.1 Å². The van der Waals surface area contributed by atoms with Gasteiger partial charge in [0.2, 0.25) is 5.91 Å². The Morgan fingerprint density at radius 3 is 3.00 bits per heavy atom. The van der Waals surface area contributed by atoms with E-state index in [1.807, 2.05) is 22.9 Å². The molecule has 0 aliphatic carbocycles. The van der Waals surface area contributed by atoms with Gasteiger partial charge in [-0.3, -0.25) is 4.79 Å². The number of carbonyl (C=O) groups is 1. The Hall–Kier alpha value is -1.24. The van der Waals surface area contributed by atoms with Gasteiger partial charge in [-0.05, 0) is 17.9 Å². The molecule has 0 saturated heterocycles. The summed E-state index contributed by atoms with van der Waals surface area (Å²) in [6.07, 6.45) is 3.46. The first-order chi connectivity index (χ1) is 10.2. The summed E-state index contributed by atoms with van der Waals surface area (Å²) in [6, 6.07) is 4.13. The Morgan fingerprint density at radius 2 is 2.33 bits per heavy atom. The van der Waals surface area contributed by atoms with Crippen LogP contribution in [0, 0.1) is 0 Å². The van der Waals surface area contributed by atoms with Crippen LogP contribution in [0.15, 0.2) is 22.9 Å². The van der Waals surface area contributed by atoms with Crippen LogP contribution in [0.3, 0.4) is 0 Å². The van der Waals surface area contributed by atoms with Gasteiger partial charge in [0.05, 0.1) is 17.0 Å². The highest BCUT2D eigenvalue weighted by Crippen LogP contribution is 2.27. The van der Waals surface area contributed by atoms with Gasteiger partial charge >= 0.3 is 0 Å². The number of thiophene rings is 1. The molecule has 21 heavy (non-hydrogen) atoms. The maximum absolute atomic E-state index is 12.0. The van der Waals surface area contributed by atoms with E-state index < -0.39 is 0 Å². The van der Waals surface area contributed by atoms with Crippen LogP contribution in [0.25, 0.3) is 9.88 Å². The molecule has 1 amide bonds. The third-order valence-corrected chi connectivity index (χ3v) is 5.11. The maximum atomic E-state index is 12.0. The van der Waals surface area contributed by atoms with E-state index >= 15 is 0 Å². The smallest absolute Gasteiger partial charge is 0.226 e. The van der Waals surface area contributed by atoms with Crippen molar-refractivity contribution in [3.05, 3.63) is 28.6 Å². The van der Waals surface area contributed by atoms with Gasteiger partial charge in [-0.15, -0.1) is 22.7 Å². The van der Waals surface area contributed by atoms with E-state index in [0.29, 0.717) is 13.0 Å². The van der Waals surface area contributed by atoms with Crippen LogP contribution in [-0.2, 0) is 11.2 Å². The summed E-state index contributed by atoms with van der Waals surface area (Å²) in [4.78, 5) is 17.7. The molecule has 0 saturated carbocycles. The fourth-order valence-electron chi connectivity index (χ4n) is 2.04. The molecule has 2 heterocycles. The molecule has 2 aromatic rings. The fourth-order valence-corrected chi connectivity index (χ4v) is 3.68. The first kappa shape index (κ1) is 16.1. The Morgan fingerprint density at radius 1 is 1.48 bits per heavy atom. The van der Waals surface area contributed by atoms with Crippen molar-refractivity contribution in [1.82, 2.24) is 10.3 Å². The molecule has 0 spiro atoms. The van der Waals surface area contributed by atoms with Crippen LogP contribution in [0.2, 0.25) is 0 Å². The highest BCUT2D eigenvalue weighted by Gasteiger charge is 2.13. The molecule has 2 rings (SSSR count). The van der Waals surface area contributed by atoms with Crippen molar-refractivity contribution in [2.45, 2.75) is 38.6 Å². The minimum absolute atomic E-state index is 0.00424. The summed E-state index contributed by atoms with van der Waals surface area (Å²) in [5, 5.41) is 7.96. The van der Waals surface area contributed by atoms with Gasteiger partial charge in [-0.25, -0.2) is 4.98 Å². The molecule has 0 aliphatic rings. The van der Waals surface area contributed by atoms with Gasteiger partial charge in [-0.1, -0.05) is 25.8 Å². The predicted molar refractivity (Wildman–Crippen MR) is 89.6 cm³/mol. The number of nitrogens with one attached hydrogen (secondary N) is 1. The van der Waals surface area contributed by atoms with Gasteiger partial charge < -0.3 is 11.1 Å². The quantitative estimate of drug-likeness (QED) is 0.784. The monoisotopic (exact) mass is 323 g/mol. The Balaban J connectivity index is 1.88. The standard InChI is InChI=1S/C15H21N3OS2/c1-2-3-5-11(9-16)17-14(19)8-12-10-21-15(18-12)13-6-4-7-20-13/h4,6-7,10-11H,2-3,5,8-9,16H2,1H3,(H,17,19). The van der Waals surface area contributed by atoms with Crippen molar-refractivity contribution in [1.29, 1.82) is 0 Å². The largest absolute Gasteiger partial charge is 0.352 e. The van der Waals surface area contributed by atoms with E-state index in [1.54, 1.807) is 22.7 Å². The average Bonchev–Trinajstić information content (AvgIpc) is 3.13. The number of unbranched alkanes of at least 4 members (excludes halogenated alkanes) is 1. The van der Waals surface area contributed by atoms with Crippen molar-refractivity contribution in [3.8, 4) is 9.88 Å². The van der Waals surface area contributed by atoms with Crippen LogP contribution >= 0.6 is 22.7 Å². The lowest BCUT2D eigenvalue weighted by Crippen LogP contribution is -2.40. The Labute approximate surface area is 133 Å². The first-order valence-corrected chi connectivity index (χ1v) is 8.96. The molecule has 3 N–H and O–H groups in total. The fraction of sp³-hybridized carbons (Fsp3) is 0.467. The third kappa shape index (κ3) is 4.91. The molecular weight excluding hydrogens is 302 g/mol. The van der Waals surface area contributed by atoms with E-state index in [1.165, 1.54) is 0 Å². The lowest BCUT2D eigenvalue weighted by Gasteiger charge is -2.15. The van der Waals surface area contributed by atoms with Gasteiger partial charge in [-0.2, -0.15) is 0 Å². The summed E-state index contributed by atoms with van der Waals surface area (Å²) < 4.78 is 0. The summed E-state index contributed by atoms with van der Waals surface area (Å²) >= 11 is 3.24. The molecule has 0 fully saturated rings. The van der Waals surface area contributed by atoms with Gasteiger partial charge in [0.25, 0.3) is 0 Å². The topological polar surface area (TPSA) is 68.0 Å². The number of carbonyl (C=O) groups excluding carboxylic acids is 1. The summed E-state index contributed by atoms with van der Waals surface area (Å²) in [7, 11) is 0. The number of amides is 1. The van der Waals surface area contributed by atoms with E-state index in [0.717, 1.165) is 34.8 Å². The molecule has 1 atom stereocenters. The second kappa shape index (κ2) is 8.26. The number of hydrogen-bond donors (Lipinski definition) is 2. The highest BCUT2D eigenvalue weighted by atomic mass is 32.1. The normalized spacial score (nSPS) is 12.3. The summed E-state index contributed by atoms with van der Waals surface area (Å²) in [5.74, 6) is 0.00424. The lowest BCUT2D eigenvalue weighted by molar-refractivity contribution is -0.121. The van der Waals surface area contributed by atoms with Crippen molar-refractivity contribution in [2.75, 3.05) is 6.54 Å². The van der Waals surface area contributed by atoms with E-state index in [-0.39, 0.29) is 11.9 Å². The molecule has 1 unspecified atom stereocenters. The average molecular weight is 323 g/mol. The molecule has 6 heteroatoms. The predicted octanol–water partition coefficient (Wildman–Crippen LogP) is 3.05. The van der Waals surface area contributed by atoms with Crippen molar-refractivity contribution < 1.29 is 4.79 Å². The number of hydrogen-bond acceptors (Lipinski definition) is 5. The molecule has 4 nitrogen and oxygen atoms in total. The van der Waals surface area contributed by atoms with E-state index in [4.69, 9.17) is 5.73 Å². The molecule has 0 bridgehead atoms.